The number of aromatic nitrogens is 2. The normalized spacial score (nSPS) is 11.6. The summed E-state index contributed by atoms with van der Waals surface area (Å²) in [4.78, 5) is 0. The molecule has 1 aromatic rings. The van der Waals surface area contributed by atoms with E-state index >= 15 is 0 Å². The molecule has 1 heterocycles. The van der Waals surface area contributed by atoms with Crippen LogP contribution in [0.5, 0.6) is 0 Å². The summed E-state index contributed by atoms with van der Waals surface area (Å²) in [6.07, 6.45) is 2.87. The second kappa shape index (κ2) is 5.62. The highest BCUT2D eigenvalue weighted by molar-refractivity contribution is 6.20. The Bertz CT molecular complexity index is 267. The number of hydrogen-bond acceptors (Lipinski definition) is 1. The van der Waals surface area contributed by atoms with Crippen molar-refractivity contribution in [1.82, 2.24) is 9.78 Å². The third-order valence-corrected chi connectivity index (χ3v) is 3.00. The molecule has 0 aromatic carbocycles. The lowest BCUT2D eigenvalue weighted by Gasteiger charge is -2.07. The standard InChI is InChI=1S/C10H16Cl2N2/c1-8(2)14-4-3-10(13-14)5-9(6-11)7-12/h3-4,8-9H,5-7H2,1-2H3. The van der Waals surface area contributed by atoms with E-state index in [-0.39, 0.29) is 0 Å². The maximum Gasteiger partial charge on any atom is 0.0628 e. The molecule has 0 saturated heterocycles. The van der Waals surface area contributed by atoms with Crippen LogP contribution in [0.15, 0.2) is 12.3 Å². The van der Waals surface area contributed by atoms with E-state index in [4.69, 9.17) is 23.2 Å². The average Bonchev–Trinajstić information content (AvgIpc) is 2.62. The van der Waals surface area contributed by atoms with Crippen LogP contribution in [-0.4, -0.2) is 21.5 Å². The van der Waals surface area contributed by atoms with Gasteiger partial charge in [0.25, 0.3) is 0 Å². The van der Waals surface area contributed by atoms with Gasteiger partial charge in [-0.25, -0.2) is 0 Å². The fourth-order valence-electron chi connectivity index (χ4n) is 1.22. The summed E-state index contributed by atoms with van der Waals surface area (Å²) in [6, 6.07) is 2.45. The van der Waals surface area contributed by atoms with Crippen LogP contribution >= 0.6 is 23.2 Å². The van der Waals surface area contributed by atoms with Crippen molar-refractivity contribution in [3.8, 4) is 0 Å². The summed E-state index contributed by atoms with van der Waals surface area (Å²) in [7, 11) is 0. The number of hydrogen-bond donors (Lipinski definition) is 0. The minimum absolute atomic E-state index is 0.328. The van der Waals surface area contributed by atoms with Crippen LogP contribution in [0.4, 0.5) is 0 Å². The molecule has 0 saturated carbocycles. The highest BCUT2D eigenvalue weighted by atomic mass is 35.5. The number of rotatable bonds is 5. The molecule has 0 spiro atoms. The van der Waals surface area contributed by atoms with Crippen LogP contribution in [0.2, 0.25) is 0 Å². The van der Waals surface area contributed by atoms with E-state index in [1.807, 2.05) is 16.9 Å². The summed E-state index contributed by atoms with van der Waals surface area (Å²) in [6.45, 7) is 4.22. The first-order valence-corrected chi connectivity index (χ1v) is 5.90. The molecule has 4 heteroatoms. The lowest BCUT2D eigenvalue weighted by Crippen LogP contribution is -2.09. The Morgan fingerprint density at radius 2 is 2.00 bits per heavy atom. The smallest absolute Gasteiger partial charge is 0.0628 e. The van der Waals surface area contributed by atoms with Crippen molar-refractivity contribution in [1.29, 1.82) is 0 Å². The second-order valence-electron chi connectivity index (χ2n) is 3.76. The molecule has 0 atom stereocenters. The Balaban J connectivity index is 2.58. The summed E-state index contributed by atoms with van der Waals surface area (Å²) in [5.41, 5.74) is 1.07. The number of alkyl halides is 2. The van der Waals surface area contributed by atoms with Crippen LogP contribution < -0.4 is 0 Å². The molecule has 0 amide bonds. The highest BCUT2D eigenvalue weighted by Gasteiger charge is 2.09. The predicted molar refractivity (Wildman–Crippen MR) is 61.2 cm³/mol. The quantitative estimate of drug-likeness (QED) is 0.717. The molecule has 0 fully saturated rings. The summed E-state index contributed by atoms with van der Waals surface area (Å²) in [5.74, 6) is 1.52. The first-order chi connectivity index (χ1) is 6.67. The van der Waals surface area contributed by atoms with Crippen molar-refractivity contribution in [2.24, 2.45) is 5.92 Å². The second-order valence-corrected chi connectivity index (χ2v) is 4.38. The molecular weight excluding hydrogens is 219 g/mol. The van der Waals surface area contributed by atoms with Gasteiger partial charge in [0.1, 0.15) is 0 Å². The monoisotopic (exact) mass is 234 g/mol. The molecule has 80 valence electrons. The molecule has 1 rings (SSSR count). The van der Waals surface area contributed by atoms with Gasteiger partial charge in [0.2, 0.25) is 0 Å². The zero-order chi connectivity index (χ0) is 10.6. The number of halogens is 2. The maximum absolute atomic E-state index is 5.77. The van der Waals surface area contributed by atoms with Crippen molar-refractivity contribution in [3.05, 3.63) is 18.0 Å². The Morgan fingerprint density at radius 1 is 1.36 bits per heavy atom. The molecule has 0 bridgehead atoms. The molecule has 0 radical (unpaired) electrons. The summed E-state index contributed by atoms with van der Waals surface area (Å²) < 4.78 is 1.95. The van der Waals surface area contributed by atoms with Crippen LogP contribution in [0, 0.1) is 5.92 Å². The van der Waals surface area contributed by atoms with Gasteiger partial charge in [-0.1, -0.05) is 0 Å². The average molecular weight is 235 g/mol. The molecule has 0 N–H and O–H groups in total. The molecular formula is C10H16Cl2N2. The lowest BCUT2D eigenvalue weighted by atomic mass is 10.1. The first kappa shape index (κ1) is 11.9. The van der Waals surface area contributed by atoms with Gasteiger partial charge in [0.15, 0.2) is 0 Å². The van der Waals surface area contributed by atoms with Crippen LogP contribution in [0.25, 0.3) is 0 Å². The van der Waals surface area contributed by atoms with Crippen molar-refractivity contribution in [3.63, 3.8) is 0 Å². The molecule has 14 heavy (non-hydrogen) atoms. The van der Waals surface area contributed by atoms with E-state index in [0.717, 1.165) is 12.1 Å². The van der Waals surface area contributed by atoms with Crippen molar-refractivity contribution in [2.45, 2.75) is 26.3 Å². The zero-order valence-corrected chi connectivity index (χ0v) is 10.1. The van der Waals surface area contributed by atoms with Gasteiger partial charge in [-0.05, 0) is 32.3 Å². The first-order valence-electron chi connectivity index (χ1n) is 4.83. The van der Waals surface area contributed by atoms with E-state index in [1.165, 1.54) is 0 Å². The van der Waals surface area contributed by atoms with E-state index in [9.17, 15) is 0 Å². The Kier molecular flexibility index (Phi) is 4.76. The van der Waals surface area contributed by atoms with Gasteiger partial charge in [0, 0.05) is 24.0 Å². The molecule has 1 aromatic heterocycles. The summed E-state index contributed by atoms with van der Waals surface area (Å²) in [5, 5.41) is 4.44. The van der Waals surface area contributed by atoms with Crippen molar-refractivity contribution < 1.29 is 0 Å². The van der Waals surface area contributed by atoms with Crippen LogP contribution in [0.3, 0.4) is 0 Å². The van der Waals surface area contributed by atoms with E-state index in [1.54, 1.807) is 0 Å². The highest BCUT2D eigenvalue weighted by Crippen LogP contribution is 2.12. The summed E-state index contributed by atoms with van der Waals surface area (Å²) >= 11 is 11.5. The SMILES string of the molecule is CC(C)n1ccc(CC(CCl)CCl)n1. The Morgan fingerprint density at radius 3 is 2.43 bits per heavy atom. The van der Waals surface area contributed by atoms with Crippen molar-refractivity contribution in [2.75, 3.05) is 11.8 Å². The third kappa shape index (κ3) is 3.18. The van der Waals surface area contributed by atoms with Gasteiger partial charge >= 0.3 is 0 Å². The predicted octanol–water partition coefficient (Wildman–Crippen LogP) is 3.10. The van der Waals surface area contributed by atoms with Crippen LogP contribution in [0.1, 0.15) is 25.6 Å². The fourth-order valence-corrected chi connectivity index (χ4v) is 1.77. The van der Waals surface area contributed by atoms with Crippen molar-refractivity contribution >= 4 is 23.2 Å². The van der Waals surface area contributed by atoms with Gasteiger partial charge in [-0.3, -0.25) is 4.68 Å². The lowest BCUT2D eigenvalue weighted by molar-refractivity contribution is 0.519. The van der Waals surface area contributed by atoms with Gasteiger partial charge in [-0.15, -0.1) is 23.2 Å². The minimum atomic E-state index is 0.328. The largest absolute Gasteiger partial charge is 0.270 e. The van der Waals surface area contributed by atoms with E-state index in [2.05, 4.69) is 18.9 Å². The topological polar surface area (TPSA) is 17.8 Å². The molecule has 0 aliphatic carbocycles. The third-order valence-electron chi connectivity index (χ3n) is 2.13. The van der Waals surface area contributed by atoms with Gasteiger partial charge in [-0.2, -0.15) is 5.10 Å². The molecule has 2 nitrogen and oxygen atoms in total. The van der Waals surface area contributed by atoms with E-state index < -0.39 is 0 Å². The molecule has 0 aliphatic rings. The van der Waals surface area contributed by atoms with Gasteiger partial charge < -0.3 is 0 Å². The zero-order valence-electron chi connectivity index (χ0n) is 8.58. The molecule has 0 aliphatic heterocycles. The fraction of sp³-hybridized carbons (Fsp3) is 0.700. The van der Waals surface area contributed by atoms with Crippen LogP contribution in [-0.2, 0) is 6.42 Å². The Hall–Kier alpha value is -0.210. The maximum atomic E-state index is 5.77. The number of nitrogens with zero attached hydrogens (tertiary/aromatic N) is 2. The molecule has 0 unspecified atom stereocenters. The minimum Gasteiger partial charge on any atom is -0.270 e. The van der Waals surface area contributed by atoms with E-state index in [0.29, 0.717) is 23.7 Å². The van der Waals surface area contributed by atoms with Gasteiger partial charge in [0.05, 0.1) is 5.69 Å². The Labute approximate surface area is 95.2 Å².